The SMILES string of the molecule is Cc1cc(C(F)F)n(-c2nc(Nc3ccc(F)c(Cl)c3)ncc2-c2cncc(C(=O)O)c2)n1. The quantitative estimate of drug-likeness (QED) is 0.395. The maximum absolute atomic E-state index is 13.7. The van der Waals surface area contributed by atoms with Crippen molar-refractivity contribution in [1.82, 2.24) is 24.7 Å². The number of anilines is 2. The van der Waals surface area contributed by atoms with Gasteiger partial charge in [-0.2, -0.15) is 10.1 Å². The van der Waals surface area contributed by atoms with Crippen molar-refractivity contribution in [2.45, 2.75) is 13.3 Å². The molecule has 4 aromatic rings. The average molecular weight is 475 g/mol. The van der Waals surface area contributed by atoms with Crippen LogP contribution in [0, 0.1) is 12.7 Å². The number of carboxylic acid groups (broad SMARTS) is 1. The van der Waals surface area contributed by atoms with E-state index in [4.69, 9.17) is 11.6 Å². The summed E-state index contributed by atoms with van der Waals surface area (Å²) in [5.74, 6) is -1.86. The zero-order valence-corrected chi connectivity index (χ0v) is 17.6. The minimum atomic E-state index is -2.86. The number of nitrogens with zero attached hydrogens (tertiary/aromatic N) is 5. The van der Waals surface area contributed by atoms with E-state index in [1.165, 1.54) is 36.7 Å². The number of halogens is 4. The molecule has 4 rings (SSSR count). The van der Waals surface area contributed by atoms with Crippen LogP contribution in [0.2, 0.25) is 5.02 Å². The second-order valence-corrected chi connectivity index (χ2v) is 7.28. The lowest BCUT2D eigenvalue weighted by Crippen LogP contribution is -2.10. The van der Waals surface area contributed by atoms with Crippen LogP contribution in [-0.2, 0) is 0 Å². The molecule has 0 saturated heterocycles. The van der Waals surface area contributed by atoms with Gasteiger partial charge in [-0.3, -0.25) is 4.98 Å². The molecule has 168 valence electrons. The number of alkyl halides is 2. The first-order valence-corrected chi connectivity index (χ1v) is 9.73. The number of carbonyl (C=O) groups is 1. The highest BCUT2D eigenvalue weighted by molar-refractivity contribution is 6.31. The molecule has 0 amide bonds. The van der Waals surface area contributed by atoms with E-state index in [0.29, 0.717) is 11.4 Å². The largest absolute Gasteiger partial charge is 0.478 e. The number of pyridine rings is 1. The Hall–Kier alpha value is -3.99. The van der Waals surface area contributed by atoms with Gasteiger partial charge in [-0.15, -0.1) is 0 Å². The molecule has 0 spiro atoms. The number of hydrogen-bond acceptors (Lipinski definition) is 6. The van der Waals surface area contributed by atoms with Crippen molar-refractivity contribution < 1.29 is 23.1 Å². The Morgan fingerprint density at radius 2 is 1.97 bits per heavy atom. The van der Waals surface area contributed by atoms with Crippen LogP contribution in [0.4, 0.5) is 24.8 Å². The Labute approximate surface area is 189 Å². The molecular formula is C21H14ClF3N6O2. The maximum atomic E-state index is 13.7. The number of aromatic carboxylic acids is 1. The molecule has 3 aromatic heterocycles. The molecule has 0 atom stereocenters. The lowest BCUT2D eigenvalue weighted by molar-refractivity contribution is 0.0696. The first-order valence-electron chi connectivity index (χ1n) is 9.36. The Kier molecular flexibility index (Phi) is 5.97. The standard InChI is InChI=1S/C21H14ClF3N6O2/c1-10-4-17(18(24)25)31(30-10)19-14(11-5-12(20(32)33)8-26-7-11)9-27-21(29-19)28-13-2-3-16(23)15(22)6-13/h2-9,18H,1H3,(H,32,33)(H,27,28,29). The summed E-state index contributed by atoms with van der Waals surface area (Å²) in [6.45, 7) is 1.55. The summed E-state index contributed by atoms with van der Waals surface area (Å²) in [4.78, 5) is 23.8. The second-order valence-electron chi connectivity index (χ2n) is 6.88. The summed E-state index contributed by atoms with van der Waals surface area (Å²) in [6.07, 6.45) is 0.984. The highest BCUT2D eigenvalue weighted by atomic mass is 35.5. The molecular weight excluding hydrogens is 461 g/mol. The van der Waals surface area contributed by atoms with Gasteiger partial charge < -0.3 is 10.4 Å². The Morgan fingerprint density at radius 3 is 2.67 bits per heavy atom. The molecule has 0 fully saturated rings. The summed E-state index contributed by atoms with van der Waals surface area (Å²) in [6, 6.07) is 6.41. The highest BCUT2D eigenvalue weighted by Crippen LogP contribution is 2.30. The van der Waals surface area contributed by atoms with Crippen LogP contribution in [0.5, 0.6) is 0 Å². The average Bonchev–Trinajstić information content (AvgIpc) is 3.18. The van der Waals surface area contributed by atoms with Crippen LogP contribution in [0.3, 0.4) is 0 Å². The van der Waals surface area contributed by atoms with E-state index in [1.54, 1.807) is 6.92 Å². The van der Waals surface area contributed by atoms with Crippen LogP contribution < -0.4 is 5.32 Å². The Morgan fingerprint density at radius 1 is 1.18 bits per heavy atom. The Balaban J connectivity index is 1.87. The third kappa shape index (κ3) is 4.62. The third-order valence-electron chi connectivity index (χ3n) is 4.52. The molecule has 0 aliphatic rings. The summed E-state index contributed by atoms with van der Waals surface area (Å²) >= 11 is 5.80. The van der Waals surface area contributed by atoms with Crippen molar-refractivity contribution >= 4 is 29.2 Å². The van der Waals surface area contributed by atoms with Crippen molar-refractivity contribution in [3.8, 4) is 16.9 Å². The molecule has 33 heavy (non-hydrogen) atoms. The zero-order valence-electron chi connectivity index (χ0n) is 16.8. The molecule has 1 aromatic carbocycles. The lowest BCUT2D eigenvalue weighted by atomic mass is 10.1. The van der Waals surface area contributed by atoms with Gasteiger partial charge in [-0.05, 0) is 37.3 Å². The van der Waals surface area contributed by atoms with E-state index in [-0.39, 0.29) is 33.5 Å². The van der Waals surface area contributed by atoms with E-state index in [0.717, 1.165) is 16.9 Å². The number of rotatable bonds is 6. The molecule has 0 bridgehead atoms. The van der Waals surface area contributed by atoms with Crippen LogP contribution in [-0.4, -0.2) is 35.8 Å². The summed E-state index contributed by atoms with van der Waals surface area (Å²) in [5.41, 5.74) is 0.679. The number of carboxylic acids is 1. The minimum absolute atomic E-state index is 0.00728. The molecule has 0 unspecified atom stereocenters. The van der Waals surface area contributed by atoms with Gasteiger partial charge in [0.2, 0.25) is 5.95 Å². The zero-order chi connectivity index (χ0) is 23.7. The Bertz CT molecular complexity index is 1360. The summed E-state index contributed by atoms with van der Waals surface area (Å²) < 4.78 is 41.8. The smallest absolute Gasteiger partial charge is 0.337 e. The predicted octanol–water partition coefficient (Wildman–Crippen LogP) is 5.20. The van der Waals surface area contributed by atoms with Crippen molar-refractivity contribution in [2.24, 2.45) is 0 Å². The maximum Gasteiger partial charge on any atom is 0.337 e. The molecule has 0 saturated carbocycles. The van der Waals surface area contributed by atoms with Gasteiger partial charge in [0.25, 0.3) is 6.43 Å². The van der Waals surface area contributed by atoms with E-state index in [2.05, 4.69) is 25.4 Å². The van der Waals surface area contributed by atoms with Crippen molar-refractivity contribution in [3.05, 3.63) is 76.7 Å². The molecule has 8 nitrogen and oxygen atoms in total. The van der Waals surface area contributed by atoms with Gasteiger partial charge >= 0.3 is 5.97 Å². The normalized spacial score (nSPS) is 11.1. The fraction of sp³-hybridized carbons (Fsp3) is 0.0952. The topological polar surface area (TPSA) is 106 Å². The van der Waals surface area contributed by atoms with Gasteiger partial charge in [0.1, 0.15) is 11.5 Å². The molecule has 12 heteroatoms. The van der Waals surface area contributed by atoms with Gasteiger partial charge in [0.15, 0.2) is 5.82 Å². The first-order chi connectivity index (χ1) is 15.7. The molecule has 0 aliphatic heterocycles. The van der Waals surface area contributed by atoms with E-state index >= 15 is 0 Å². The molecule has 3 heterocycles. The van der Waals surface area contributed by atoms with Gasteiger partial charge in [-0.25, -0.2) is 27.6 Å². The summed E-state index contributed by atoms with van der Waals surface area (Å²) in [7, 11) is 0. The van der Waals surface area contributed by atoms with E-state index < -0.39 is 23.9 Å². The number of aromatic nitrogens is 5. The molecule has 2 N–H and O–H groups in total. The van der Waals surface area contributed by atoms with Crippen LogP contribution in [0.15, 0.2) is 48.9 Å². The van der Waals surface area contributed by atoms with Crippen LogP contribution in [0.1, 0.15) is 28.2 Å². The predicted molar refractivity (Wildman–Crippen MR) is 114 cm³/mol. The minimum Gasteiger partial charge on any atom is -0.478 e. The molecule has 0 aliphatic carbocycles. The van der Waals surface area contributed by atoms with Crippen molar-refractivity contribution in [3.63, 3.8) is 0 Å². The fourth-order valence-electron chi connectivity index (χ4n) is 3.05. The van der Waals surface area contributed by atoms with Crippen LogP contribution >= 0.6 is 11.6 Å². The number of aryl methyl sites for hydroxylation is 1. The van der Waals surface area contributed by atoms with Crippen molar-refractivity contribution in [1.29, 1.82) is 0 Å². The number of benzene rings is 1. The third-order valence-corrected chi connectivity index (χ3v) is 4.81. The van der Waals surface area contributed by atoms with Crippen LogP contribution in [0.25, 0.3) is 16.9 Å². The fourth-order valence-corrected chi connectivity index (χ4v) is 3.23. The molecule has 0 radical (unpaired) electrons. The van der Waals surface area contributed by atoms with Gasteiger partial charge in [0.05, 0.1) is 16.3 Å². The van der Waals surface area contributed by atoms with Gasteiger partial charge in [0, 0.05) is 35.4 Å². The van der Waals surface area contributed by atoms with Gasteiger partial charge in [-0.1, -0.05) is 11.6 Å². The second kappa shape index (κ2) is 8.87. The first kappa shape index (κ1) is 22.2. The monoisotopic (exact) mass is 474 g/mol. The highest BCUT2D eigenvalue weighted by Gasteiger charge is 2.22. The van der Waals surface area contributed by atoms with Crippen molar-refractivity contribution in [2.75, 3.05) is 5.32 Å². The lowest BCUT2D eigenvalue weighted by Gasteiger charge is -2.14. The number of nitrogens with one attached hydrogen (secondary N) is 1. The summed E-state index contributed by atoms with van der Waals surface area (Å²) in [5, 5.41) is 16.1. The van der Waals surface area contributed by atoms with E-state index in [9.17, 15) is 23.1 Å². The number of hydrogen-bond donors (Lipinski definition) is 2. The van der Waals surface area contributed by atoms with E-state index in [1.807, 2.05) is 0 Å².